The van der Waals surface area contributed by atoms with Crippen LogP contribution in [0.3, 0.4) is 0 Å². The number of hydrogen-bond donors (Lipinski definition) is 3. The van der Waals surface area contributed by atoms with Gasteiger partial charge in [0.2, 0.25) is 5.91 Å². The van der Waals surface area contributed by atoms with E-state index in [2.05, 4.69) is 39.2 Å². The molecule has 0 spiro atoms. The van der Waals surface area contributed by atoms with Crippen molar-refractivity contribution < 1.29 is 9.59 Å². The molecule has 1 aromatic rings. The van der Waals surface area contributed by atoms with Crippen molar-refractivity contribution in [3.8, 4) is 0 Å². The minimum atomic E-state index is -0.575. The molecule has 1 aromatic carbocycles. The number of carbonyl (C=O) groups is 2. The lowest BCUT2D eigenvalue weighted by atomic mass is 10.2. The molecule has 2 amide bonds. The van der Waals surface area contributed by atoms with E-state index in [-0.39, 0.29) is 11.8 Å². The van der Waals surface area contributed by atoms with Crippen LogP contribution in [0.4, 0.5) is 0 Å². The first-order valence-electron chi connectivity index (χ1n) is 6.02. The van der Waals surface area contributed by atoms with Gasteiger partial charge in [-0.2, -0.15) is 0 Å². The molecule has 2 N–H and O–H groups in total. The van der Waals surface area contributed by atoms with Gasteiger partial charge < -0.3 is 10.6 Å². The van der Waals surface area contributed by atoms with Crippen molar-refractivity contribution in [2.45, 2.75) is 31.2 Å². The Kier molecular flexibility index (Phi) is 6.37. The lowest BCUT2D eigenvalue weighted by Crippen LogP contribution is -2.45. The number of hydrogen-bond acceptors (Lipinski definition) is 3. The largest absolute Gasteiger partial charge is 0.354 e. The molecule has 0 aromatic heterocycles. The zero-order chi connectivity index (χ0) is 14.4. The number of carbonyl (C=O) groups excluding carboxylic acids is 2. The molecule has 0 fully saturated rings. The summed E-state index contributed by atoms with van der Waals surface area (Å²) in [6, 6.07) is 4.61. The van der Waals surface area contributed by atoms with Crippen LogP contribution in [0.5, 0.6) is 0 Å². The first kappa shape index (κ1) is 16.0. The van der Waals surface area contributed by atoms with E-state index in [0.717, 1.165) is 6.42 Å². The monoisotopic (exact) mass is 344 g/mol. The highest BCUT2D eigenvalue weighted by Gasteiger charge is 2.17. The van der Waals surface area contributed by atoms with Gasteiger partial charge in [0, 0.05) is 15.9 Å². The third kappa shape index (κ3) is 4.87. The molecule has 0 bridgehead atoms. The summed E-state index contributed by atoms with van der Waals surface area (Å²) in [5.74, 6) is -0.490. The minimum Gasteiger partial charge on any atom is -0.354 e. The molecule has 1 atom stereocenters. The van der Waals surface area contributed by atoms with E-state index in [1.165, 1.54) is 0 Å². The molecule has 0 aliphatic rings. The average molecular weight is 345 g/mol. The first-order chi connectivity index (χ1) is 8.95. The van der Waals surface area contributed by atoms with E-state index in [9.17, 15) is 9.59 Å². The normalized spacial score (nSPS) is 11.8. The second-order valence-electron chi connectivity index (χ2n) is 4.15. The molecule has 19 heavy (non-hydrogen) atoms. The lowest BCUT2D eigenvalue weighted by molar-refractivity contribution is -0.122. The number of benzene rings is 1. The Morgan fingerprint density at radius 2 is 2.11 bits per heavy atom. The number of amides is 2. The summed E-state index contributed by atoms with van der Waals surface area (Å²) in [7, 11) is 0. The Hall–Kier alpha value is -1.01. The van der Waals surface area contributed by atoms with Crippen molar-refractivity contribution in [2.75, 3.05) is 6.54 Å². The summed E-state index contributed by atoms with van der Waals surface area (Å²) in [5.41, 5.74) is 0.461. The molecule has 4 nitrogen and oxygen atoms in total. The molecule has 1 rings (SSSR count). The maximum atomic E-state index is 12.1. The van der Waals surface area contributed by atoms with E-state index in [1.807, 2.05) is 6.92 Å². The van der Waals surface area contributed by atoms with Crippen LogP contribution in [0.1, 0.15) is 30.6 Å². The van der Waals surface area contributed by atoms with Crippen molar-refractivity contribution in [3.63, 3.8) is 0 Å². The van der Waals surface area contributed by atoms with Gasteiger partial charge in [-0.15, -0.1) is 12.6 Å². The summed E-state index contributed by atoms with van der Waals surface area (Å²) in [5, 5.41) is 5.39. The quantitative estimate of drug-likeness (QED) is 0.718. The maximum Gasteiger partial charge on any atom is 0.253 e. The van der Waals surface area contributed by atoms with E-state index < -0.39 is 6.04 Å². The Morgan fingerprint density at radius 3 is 2.74 bits per heavy atom. The van der Waals surface area contributed by atoms with Crippen molar-refractivity contribution >= 4 is 40.4 Å². The molecule has 1 unspecified atom stereocenters. The molecule has 0 aliphatic carbocycles. The summed E-state index contributed by atoms with van der Waals surface area (Å²) >= 11 is 7.50. The fourth-order valence-electron chi connectivity index (χ4n) is 1.43. The predicted molar refractivity (Wildman–Crippen MR) is 81.6 cm³/mol. The molecular weight excluding hydrogens is 328 g/mol. The average Bonchev–Trinajstić information content (AvgIpc) is 2.38. The molecular formula is C13H17BrN2O2S. The fourth-order valence-corrected chi connectivity index (χ4v) is 2.06. The van der Waals surface area contributed by atoms with Crippen LogP contribution < -0.4 is 10.6 Å². The van der Waals surface area contributed by atoms with Crippen LogP contribution in [0, 0.1) is 0 Å². The summed E-state index contributed by atoms with van der Waals surface area (Å²) < 4.78 is 0.670. The zero-order valence-electron chi connectivity index (χ0n) is 10.9. The number of thiol groups is 1. The predicted octanol–water partition coefficient (Wildman–Crippen LogP) is 2.38. The highest BCUT2D eigenvalue weighted by molar-refractivity contribution is 9.10. The number of nitrogens with one attached hydrogen (secondary N) is 2. The summed E-state index contributed by atoms with van der Waals surface area (Å²) in [4.78, 5) is 24.4. The highest BCUT2D eigenvalue weighted by Crippen LogP contribution is 2.20. The van der Waals surface area contributed by atoms with Gasteiger partial charge in [-0.3, -0.25) is 9.59 Å². The van der Waals surface area contributed by atoms with E-state index in [0.29, 0.717) is 21.5 Å². The standard InChI is InChI=1S/C13H17BrN2O2S/c1-3-6-15-12(17)8(2)16-13(18)10-7-9(19)4-5-11(10)14/h4-5,7-8,19H,3,6H2,1-2H3,(H,15,17)(H,16,18). The Labute approximate surface area is 126 Å². The van der Waals surface area contributed by atoms with Crippen LogP contribution in [0.15, 0.2) is 27.6 Å². The van der Waals surface area contributed by atoms with Crippen LogP contribution in [0.2, 0.25) is 0 Å². The maximum absolute atomic E-state index is 12.1. The minimum absolute atomic E-state index is 0.187. The van der Waals surface area contributed by atoms with Crippen molar-refractivity contribution in [2.24, 2.45) is 0 Å². The van der Waals surface area contributed by atoms with Crippen LogP contribution in [0.25, 0.3) is 0 Å². The fraction of sp³-hybridized carbons (Fsp3) is 0.385. The van der Waals surface area contributed by atoms with Gasteiger partial charge in [-0.05, 0) is 47.5 Å². The van der Waals surface area contributed by atoms with E-state index >= 15 is 0 Å². The Bertz CT molecular complexity index is 480. The molecule has 104 valence electrons. The summed E-state index contributed by atoms with van der Waals surface area (Å²) in [6.45, 7) is 4.23. The van der Waals surface area contributed by atoms with Gasteiger partial charge in [0.1, 0.15) is 6.04 Å². The van der Waals surface area contributed by atoms with Gasteiger partial charge in [-0.1, -0.05) is 6.92 Å². The highest BCUT2D eigenvalue weighted by atomic mass is 79.9. The van der Waals surface area contributed by atoms with Crippen LogP contribution in [-0.2, 0) is 4.79 Å². The molecule has 0 heterocycles. The lowest BCUT2D eigenvalue weighted by Gasteiger charge is -2.14. The SMILES string of the molecule is CCCNC(=O)C(C)NC(=O)c1cc(S)ccc1Br. The molecule has 0 saturated carbocycles. The topological polar surface area (TPSA) is 58.2 Å². The third-order valence-electron chi connectivity index (χ3n) is 2.48. The second-order valence-corrected chi connectivity index (χ2v) is 5.52. The van der Waals surface area contributed by atoms with E-state index in [4.69, 9.17) is 0 Å². The van der Waals surface area contributed by atoms with Gasteiger partial charge in [0.25, 0.3) is 5.91 Å². The van der Waals surface area contributed by atoms with Crippen molar-refractivity contribution in [1.29, 1.82) is 0 Å². The van der Waals surface area contributed by atoms with E-state index in [1.54, 1.807) is 25.1 Å². The first-order valence-corrected chi connectivity index (χ1v) is 7.26. The van der Waals surface area contributed by atoms with Gasteiger partial charge in [0.05, 0.1) is 5.56 Å². The van der Waals surface area contributed by atoms with Crippen LogP contribution >= 0.6 is 28.6 Å². The zero-order valence-corrected chi connectivity index (χ0v) is 13.3. The van der Waals surface area contributed by atoms with Crippen molar-refractivity contribution in [1.82, 2.24) is 10.6 Å². The smallest absolute Gasteiger partial charge is 0.253 e. The van der Waals surface area contributed by atoms with Gasteiger partial charge in [0.15, 0.2) is 0 Å². The Morgan fingerprint density at radius 1 is 1.42 bits per heavy atom. The van der Waals surface area contributed by atoms with Crippen molar-refractivity contribution in [3.05, 3.63) is 28.2 Å². The summed E-state index contributed by atoms with van der Waals surface area (Å²) in [6.07, 6.45) is 0.861. The molecule has 0 aliphatic heterocycles. The number of halogens is 1. The molecule has 0 saturated heterocycles. The van der Waals surface area contributed by atoms with Gasteiger partial charge in [-0.25, -0.2) is 0 Å². The molecule has 6 heteroatoms. The second kappa shape index (κ2) is 7.55. The Balaban J connectivity index is 2.68. The third-order valence-corrected chi connectivity index (χ3v) is 3.45. The van der Waals surface area contributed by atoms with Gasteiger partial charge >= 0.3 is 0 Å². The number of rotatable bonds is 5. The molecule has 0 radical (unpaired) electrons. The van der Waals surface area contributed by atoms with Crippen LogP contribution in [-0.4, -0.2) is 24.4 Å².